The van der Waals surface area contributed by atoms with Gasteiger partial charge in [-0.3, -0.25) is 14.9 Å². The maximum Gasteiger partial charge on any atom is 0.274 e. The van der Waals surface area contributed by atoms with Crippen LogP contribution in [0.1, 0.15) is 29.8 Å². The second-order valence-corrected chi connectivity index (χ2v) is 5.36. The van der Waals surface area contributed by atoms with Crippen molar-refractivity contribution in [2.75, 3.05) is 5.32 Å². The summed E-state index contributed by atoms with van der Waals surface area (Å²) >= 11 is 0. The molecule has 2 aromatic rings. The molecule has 0 radical (unpaired) electrons. The van der Waals surface area contributed by atoms with Gasteiger partial charge in [-0.2, -0.15) is 0 Å². The fraction of sp³-hybridized carbons (Fsp3) is 0.235. The first-order valence-corrected chi connectivity index (χ1v) is 7.20. The number of amides is 1. The molecular weight excluding hydrogens is 296 g/mol. The fourth-order valence-corrected chi connectivity index (χ4v) is 2.13. The maximum atomic E-state index is 12.3. The van der Waals surface area contributed by atoms with Crippen LogP contribution in [0.3, 0.4) is 0 Å². The molecule has 1 N–H and O–H groups in total. The van der Waals surface area contributed by atoms with Gasteiger partial charge in [0.15, 0.2) is 0 Å². The third kappa shape index (κ3) is 4.06. The minimum Gasteiger partial charge on any atom is -0.491 e. The van der Waals surface area contributed by atoms with Gasteiger partial charge in [0.25, 0.3) is 11.6 Å². The molecule has 0 aliphatic heterocycles. The molecule has 6 nitrogen and oxygen atoms in total. The van der Waals surface area contributed by atoms with E-state index in [9.17, 15) is 14.9 Å². The van der Waals surface area contributed by atoms with Gasteiger partial charge in [0, 0.05) is 11.6 Å². The number of hydrogen-bond donors (Lipinski definition) is 1. The smallest absolute Gasteiger partial charge is 0.274 e. The molecule has 2 rings (SSSR count). The SMILES string of the molecule is Cc1c(NC(=O)c2cccc(OC(C)C)c2)cccc1[N+](=O)[O-]. The van der Waals surface area contributed by atoms with Crippen molar-refractivity contribution >= 4 is 17.3 Å². The number of benzene rings is 2. The summed E-state index contributed by atoms with van der Waals surface area (Å²) in [7, 11) is 0. The summed E-state index contributed by atoms with van der Waals surface area (Å²) in [6.07, 6.45) is 0.00679. The van der Waals surface area contributed by atoms with Crippen LogP contribution in [0.2, 0.25) is 0 Å². The Bertz CT molecular complexity index is 741. The number of ether oxygens (including phenoxy) is 1. The van der Waals surface area contributed by atoms with Crippen LogP contribution in [0.25, 0.3) is 0 Å². The van der Waals surface area contributed by atoms with Crippen molar-refractivity contribution in [2.45, 2.75) is 26.9 Å². The Morgan fingerprint density at radius 2 is 1.91 bits per heavy atom. The third-order valence-electron chi connectivity index (χ3n) is 3.22. The monoisotopic (exact) mass is 314 g/mol. The van der Waals surface area contributed by atoms with E-state index in [0.717, 1.165) is 0 Å². The summed E-state index contributed by atoms with van der Waals surface area (Å²) in [4.78, 5) is 22.8. The molecule has 0 unspecified atom stereocenters. The molecule has 0 atom stereocenters. The van der Waals surface area contributed by atoms with Crippen molar-refractivity contribution in [1.29, 1.82) is 0 Å². The number of nitrogens with one attached hydrogen (secondary N) is 1. The van der Waals surface area contributed by atoms with Gasteiger partial charge in [-0.05, 0) is 45.0 Å². The second-order valence-electron chi connectivity index (χ2n) is 5.36. The van der Waals surface area contributed by atoms with E-state index in [0.29, 0.717) is 22.6 Å². The molecule has 0 saturated heterocycles. The lowest BCUT2D eigenvalue weighted by Gasteiger charge is -2.12. The molecule has 0 saturated carbocycles. The first kappa shape index (κ1) is 16.5. The number of nitrogens with zero attached hydrogens (tertiary/aromatic N) is 1. The van der Waals surface area contributed by atoms with Gasteiger partial charge in [-0.15, -0.1) is 0 Å². The first-order chi connectivity index (χ1) is 10.9. The van der Waals surface area contributed by atoms with Gasteiger partial charge in [0.05, 0.1) is 22.3 Å². The molecule has 0 aromatic heterocycles. The number of nitro groups is 1. The largest absolute Gasteiger partial charge is 0.491 e. The molecule has 0 fully saturated rings. The van der Waals surface area contributed by atoms with Gasteiger partial charge in [-0.1, -0.05) is 12.1 Å². The van der Waals surface area contributed by atoms with Crippen LogP contribution >= 0.6 is 0 Å². The predicted molar refractivity (Wildman–Crippen MR) is 88.0 cm³/mol. The van der Waals surface area contributed by atoms with Gasteiger partial charge >= 0.3 is 0 Å². The Kier molecular flexibility index (Phi) is 4.95. The highest BCUT2D eigenvalue weighted by atomic mass is 16.6. The van der Waals surface area contributed by atoms with Crippen LogP contribution in [-0.2, 0) is 0 Å². The number of carbonyl (C=O) groups is 1. The average molecular weight is 314 g/mol. The molecule has 0 aliphatic carbocycles. The van der Waals surface area contributed by atoms with Crippen LogP contribution in [0.4, 0.5) is 11.4 Å². The molecule has 23 heavy (non-hydrogen) atoms. The first-order valence-electron chi connectivity index (χ1n) is 7.20. The van der Waals surface area contributed by atoms with Crippen LogP contribution in [-0.4, -0.2) is 16.9 Å². The number of rotatable bonds is 5. The predicted octanol–water partition coefficient (Wildman–Crippen LogP) is 3.94. The summed E-state index contributed by atoms with van der Waals surface area (Å²) in [6.45, 7) is 5.41. The lowest BCUT2D eigenvalue weighted by molar-refractivity contribution is -0.385. The van der Waals surface area contributed by atoms with Gasteiger partial charge in [0.2, 0.25) is 0 Å². The fourth-order valence-electron chi connectivity index (χ4n) is 2.13. The Balaban J connectivity index is 2.23. The van der Waals surface area contributed by atoms with Crippen molar-refractivity contribution in [3.63, 3.8) is 0 Å². The molecule has 0 heterocycles. The van der Waals surface area contributed by atoms with Crippen LogP contribution in [0, 0.1) is 17.0 Å². The van der Waals surface area contributed by atoms with Gasteiger partial charge in [0.1, 0.15) is 5.75 Å². The normalized spacial score (nSPS) is 10.4. The minimum absolute atomic E-state index is 0.00679. The number of hydrogen-bond acceptors (Lipinski definition) is 4. The summed E-state index contributed by atoms with van der Waals surface area (Å²) < 4.78 is 5.56. The third-order valence-corrected chi connectivity index (χ3v) is 3.22. The lowest BCUT2D eigenvalue weighted by Crippen LogP contribution is -2.14. The highest BCUT2D eigenvalue weighted by Gasteiger charge is 2.15. The van der Waals surface area contributed by atoms with Crippen molar-refractivity contribution < 1.29 is 14.5 Å². The molecule has 0 bridgehead atoms. The van der Waals surface area contributed by atoms with Crippen molar-refractivity contribution in [3.05, 3.63) is 63.7 Å². The summed E-state index contributed by atoms with van der Waals surface area (Å²) in [5, 5.41) is 13.7. The molecule has 6 heteroatoms. The molecule has 1 amide bonds. The molecule has 2 aromatic carbocycles. The second kappa shape index (κ2) is 6.91. The van der Waals surface area contributed by atoms with E-state index in [1.807, 2.05) is 13.8 Å². The number of nitro benzene ring substituents is 1. The Hall–Kier alpha value is -2.89. The van der Waals surface area contributed by atoms with E-state index in [2.05, 4.69) is 5.32 Å². The summed E-state index contributed by atoms with van der Waals surface area (Å²) in [5.74, 6) is 0.256. The van der Waals surface area contributed by atoms with E-state index >= 15 is 0 Å². The van der Waals surface area contributed by atoms with Crippen molar-refractivity contribution in [1.82, 2.24) is 0 Å². The van der Waals surface area contributed by atoms with E-state index < -0.39 is 4.92 Å². The lowest BCUT2D eigenvalue weighted by atomic mass is 10.1. The topological polar surface area (TPSA) is 81.5 Å². The van der Waals surface area contributed by atoms with E-state index in [-0.39, 0.29) is 17.7 Å². The number of carbonyl (C=O) groups excluding carboxylic acids is 1. The molecular formula is C17H18N2O4. The van der Waals surface area contributed by atoms with E-state index in [4.69, 9.17) is 4.74 Å². The molecule has 0 spiro atoms. The quantitative estimate of drug-likeness (QED) is 0.669. The van der Waals surface area contributed by atoms with E-state index in [1.165, 1.54) is 6.07 Å². The summed E-state index contributed by atoms with van der Waals surface area (Å²) in [6, 6.07) is 11.4. The van der Waals surface area contributed by atoms with E-state index in [1.54, 1.807) is 43.3 Å². The highest BCUT2D eigenvalue weighted by Crippen LogP contribution is 2.25. The standard InChI is InChI=1S/C17H18N2O4/c1-11(2)23-14-7-4-6-13(10-14)17(20)18-15-8-5-9-16(12(15)3)19(21)22/h4-11H,1-3H3,(H,18,20). The molecule has 0 aliphatic rings. The maximum absolute atomic E-state index is 12.3. The number of anilines is 1. The minimum atomic E-state index is -0.470. The average Bonchev–Trinajstić information content (AvgIpc) is 2.48. The summed E-state index contributed by atoms with van der Waals surface area (Å²) in [5.41, 5.74) is 1.23. The zero-order chi connectivity index (χ0) is 17.0. The van der Waals surface area contributed by atoms with Crippen LogP contribution < -0.4 is 10.1 Å². The highest BCUT2D eigenvalue weighted by molar-refractivity contribution is 6.05. The van der Waals surface area contributed by atoms with Gasteiger partial charge < -0.3 is 10.1 Å². The zero-order valence-electron chi connectivity index (χ0n) is 13.2. The zero-order valence-corrected chi connectivity index (χ0v) is 13.2. The van der Waals surface area contributed by atoms with Crippen LogP contribution in [0.5, 0.6) is 5.75 Å². The molecule has 120 valence electrons. The van der Waals surface area contributed by atoms with Crippen LogP contribution in [0.15, 0.2) is 42.5 Å². The van der Waals surface area contributed by atoms with Crippen molar-refractivity contribution in [2.24, 2.45) is 0 Å². The Morgan fingerprint density at radius 1 is 1.22 bits per heavy atom. The van der Waals surface area contributed by atoms with Crippen molar-refractivity contribution in [3.8, 4) is 5.75 Å². The Labute approximate surface area is 134 Å². The Morgan fingerprint density at radius 3 is 2.57 bits per heavy atom. The van der Waals surface area contributed by atoms with Gasteiger partial charge in [-0.25, -0.2) is 0 Å².